The van der Waals surface area contributed by atoms with Gasteiger partial charge >= 0.3 is 51.6 Å². The second kappa shape index (κ2) is 27.0. The van der Waals surface area contributed by atoms with Crippen LogP contribution >= 0.6 is 35.2 Å². The van der Waals surface area contributed by atoms with E-state index >= 15 is 0 Å². The van der Waals surface area contributed by atoms with Gasteiger partial charge in [0, 0.05) is 11.9 Å². The quantitative estimate of drug-likeness (QED) is 0.181. The fraction of sp³-hybridized carbons (Fsp3) is 0.413. The van der Waals surface area contributed by atoms with Crippen molar-refractivity contribution >= 4 is 45.8 Å². The maximum absolute atomic E-state index is 6.01. The topological polar surface area (TPSA) is 38.9 Å². The van der Waals surface area contributed by atoms with Gasteiger partial charge in [-0.2, -0.15) is 0 Å². The second-order valence-corrected chi connectivity index (χ2v) is 23.1. The molecule has 1 aromatic heterocycles. The van der Waals surface area contributed by atoms with E-state index in [0.29, 0.717) is 5.66 Å². The molecule has 54 heavy (non-hydrogen) atoms. The normalized spacial score (nSPS) is 19.8. The summed E-state index contributed by atoms with van der Waals surface area (Å²) in [6.45, 7) is 8.97. The molecule has 10 radical (unpaired) electrons. The van der Waals surface area contributed by atoms with E-state index in [1.165, 1.54) is 74.8 Å². The molecule has 1 heterocycles. The molecule has 4 aliphatic rings. The Morgan fingerprint density at radius 3 is 1.52 bits per heavy atom. The van der Waals surface area contributed by atoms with Gasteiger partial charge in [0.1, 0.15) is 0 Å². The van der Waals surface area contributed by atoms with E-state index in [4.69, 9.17) is 25.1 Å². The fourth-order valence-electron chi connectivity index (χ4n) is 7.74. The average Bonchev–Trinajstić information content (AvgIpc) is 3.94. The Balaban J connectivity index is 0.000000306. The predicted molar refractivity (Wildman–Crippen MR) is 232 cm³/mol. The molecule has 0 spiro atoms. The summed E-state index contributed by atoms with van der Waals surface area (Å²) in [7, 11) is 9.22. The van der Waals surface area contributed by atoms with E-state index in [2.05, 4.69) is 113 Å². The van der Waals surface area contributed by atoms with E-state index in [0.717, 1.165) is 17.0 Å². The number of nitrogens with two attached hydrogens (primary N) is 1. The molecule has 2 N–H and O–H groups in total. The van der Waals surface area contributed by atoms with Gasteiger partial charge in [-0.05, 0) is 136 Å². The van der Waals surface area contributed by atoms with Crippen molar-refractivity contribution in [3.63, 3.8) is 0 Å². The van der Waals surface area contributed by atoms with Crippen LogP contribution in [0, 0.1) is 68.4 Å². The van der Waals surface area contributed by atoms with Crippen LogP contribution in [-0.2, 0) is 32.2 Å². The van der Waals surface area contributed by atoms with Crippen LogP contribution in [0.5, 0.6) is 0 Å². The molecular weight excluding hydrogens is 870 g/mol. The van der Waals surface area contributed by atoms with Crippen LogP contribution in [0.15, 0.2) is 85.1 Å². The number of halogens is 2. The van der Waals surface area contributed by atoms with Gasteiger partial charge in [-0.25, -0.2) is 0 Å². The number of rotatable bonds is 8. The summed E-state index contributed by atoms with van der Waals surface area (Å²) < 4.78 is 0. The van der Waals surface area contributed by atoms with Crippen molar-refractivity contribution in [3.05, 3.63) is 154 Å². The van der Waals surface area contributed by atoms with E-state index in [1.54, 1.807) is 17.8 Å². The molecular formula is C46H60Cl2FeN2P2Ru+2. The number of benzene rings is 2. The van der Waals surface area contributed by atoms with Crippen molar-refractivity contribution in [3.8, 4) is 0 Å². The van der Waals surface area contributed by atoms with Gasteiger partial charge in [-0.1, -0.05) is 141 Å². The summed E-state index contributed by atoms with van der Waals surface area (Å²) in [5.74, 6) is 1.68. The number of nitrogens with zero attached hydrogens (tertiary/aromatic N) is 1. The van der Waals surface area contributed by atoms with Crippen molar-refractivity contribution < 1.29 is 32.2 Å². The summed E-state index contributed by atoms with van der Waals surface area (Å²) >= 11 is -0.346. The number of hydrogen-bond acceptors (Lipinski definition) is 2. The Morgan fingerprint density at radius 1 is 0.667 bits per heavy atom. The van der Waals surface area contributed by atoms with Crippen LogP contribution in [0.2, 0.25) is 0 Å². The number of pyridine rings is 1. The third-order valence-corrected chi connectivity index (χ3v) is 16.9. The third kappa shape index (κ3) is 15.7. The summed E-state index contributed by atoms with van der Waals surface area (Å²) in [5.41, 5.74) is 11.4. The molecule has 2 atom stereocenters. The van der Waals surface area contributed by atoms with Crippen molar-refractivity contribution in [2.45, 2.75) is 115 Å². The smallest absolute Gasteiger partial charge is 2.00 e. The van der Waals surface area contributed by atoms with Crippen molar-refractivity contribution in [1.29, 1.82) is 0 Å². The van der Waals surface area contributed by atoms with Crippen LogP contribution in [0.25, 0.3) is 0 Å². The Morgan fingerprint density at radius 2 is 1.11 bits per heavy atom. The first kappa shape index (κ1) is 48.5. The van der Waals surface area contributed by atoms with Crippen LogP contribution in [0.1, 0.15) is 104 Å². The van der Waals surface area contributed by atoms with Crippen LogP contribution in [-0.4, -0.2) is 22.0 Å². The molecule has 292 valence electrons. The third-order valence-electron chi connectivity index (χ3n) is 10.5. The molecule has 0 saturated heterocycles. The van der Waals surface area contributed by atoms with Crippen molar-refractivity contribution in [2.75, 3.05) is 0 Å². The minimum Gasteiger partial charge on any atom is 2.00 e. The van der Waals surface area contributed by atoms with Gasteiger partial charge in [-0.3, -0.25) is 4.98 Å². The first-order valence-electron chi connectivity index (χ1n) is 19.4. The molecule has 4 saturated carbocycles. The van der Waals surface area contributed by atoms with Crippen molar-refractivity contribution in [1.82, 2.24) is 4.98 Å². The Hall–Kier alpha value is 0.133. The van der Waals surface area contributed by atoms with E-state index in [1.807, 2.05) is 50.3 Å². The van der Waals surface area contributed by atoms with Gasteiger partial charge in [0.05, 0.1) is 11.7 Å². The minimum absolute atomic E-state index is 0. The molecule has 0 unspecified atom stereocenters. The second-order valence-electron chi connectivity index (χ2n) is 15.2. The van der Waals surface area contributed by atoms with Gasteiger partial charge in [0.25, 0.3) is 0 Å². The maximum atomic E-state index is 6.01. The zero-order chi connectivity index (χ0) is 37.9. The Kier molecular flexibility index (Phi) is 24.3. The molecule has 2 nitrogen and oxygen atoms in total. The Labute approximate surface area is 360 Å². The molecule has 0 amide bonds. The zero-order valence-electron chi connectivity index (χ0n) is 32.5. The van der Waals surface area contributed by atoms with Crippen LogP contribution in [0.4, 0.5) is 0 Å². The van der Waals surface area contributed by atoms with Gasteiger partial charge in [0.2, 0.25) is 0 Å². The largest absolute Gasteiger partial charge is 2.00 e. The Bertz CT molecular complexity index is 1290. The maximum Gasteiger partial charge on any atom is 2.00 e. The summed E-state index contributed by atoms with van der Waals surface area (Å²) in [6, 6.07) is 28.4. The van der Waals surface area contributed by atoms with Gasteiger partial charge < -0.3 is 5.73 Å². The van der Waals surface area contributed by atoms with E-state index in [-0.39, 0.29) is 51.6 Å². The van der Waals surface area contributed by atoms with Crippen molar-refractivity contribution in [2.24, 2.45) is 11.1 Å². The number of hydrogen-bond donors (Lipinski definition) is 1. The molecule has 8 heteroatoms. The molecule has 4 fully saturated rings. The molecule has 7 rings (SSSR count). The van der Waals surface area contributed by atoms with Crippen LogP contribution in [0.3, 0.4) is 0 Å². The summed E-state index contributed by atoms with van der Waals surface area (Å²) in [5, 5.41) is 2.97. The van der Waals surface area contributed by atoms with E-state index in [9.17, 15) is 0 Å². The molecule has 4 aliphatic carbocycles. The first-order chi connectivity index (χ1) is 25.8. The van der Waals surface area contributed by atoms with Gasteiger partial charge in [0.15, 0.2) is 0 Å². The molecule has 0 bridgehead atoms. The summed E-state index contributed by atoms with van der Waals surface area (Å²) in [6.07, 6.45) is 33.9. The average molecular weight is 931 g/mol. The SMILES string of the molecule is CC(C)(C)[C@H](N)c1ccccn1.C[C@@H]([C]1[CH][CH][CH][C]1P(c1ccccc1)c1ccccc1)P(C1CCCCC1)C1CCCCC1.[CH]1[CH][CH][CH][CH]1.[Cl][Ru][Cl].[Fe+2]. The van der Waals surface area contributed by atoms with Crippen LogP contribution < -0.4 is 16.3 Å². The standard InChI is InChI=1S/C31H39P2.C10H16N2.C5H5.2ClH.Fe.Ru/c1-25(32(26-15-6-2-7-16-26)27-17-8-3-9-18-27)30-23-14-24-31(30)33(28-19-10-4-11-20-28)29-21-12-5-13-22-29;1-10(2,3)9(11)8-6-4-5-7-12-8;1-2-4-5-3-1;;;;/h4-5,10-14,19-27H,2-3,6-9,15-18H2,1H3;4-7,9H,11H2,1-3H3;1-5H;2*1H;;/q;;;;;2*+2/p-2/t25-;9-;;;;;/m01...../s1. The molecule has 3 aromatic rings. The molecule has 0 aliphatic heterocycles. The van der Waals surface area contributed by atoms with E-state index < -0.39 is 7.92 Å². The zero-order valence-corrected chi connectivity index (χ0v) is 38.6. The first-order valence-corrected chi connectivity index (χ1v) is 26.7. The number of aromatic nitrogens is 1. The minimum atomic E-state index is -0.511. The molecule has 2 aromatic carbocycles. The summed E-state index contributed by atoms with van der Waals surface area (Å²) in [4.78, 5) is 4.22. The van der Waals surface area contributed by atoms with Gasteiger partial charge in [-0.15, -0.1) is 0 Å². The predicted octanol–water partition coefficient (Wildman–Crippen LogP) is 12.9. The fourth-order valence-corrected chi connectivity index (χ4v) is 14.7. The monoisotopic (exact) mass is 930 g/mol.